The van der Waals surface area contributed by atoms with Crippen molar-refractivity contribution in [2.75, 3.05) is 5.32 Å². The smallest absolute Gasteiger partial charge is 0.222 e. The van der Waals surface area contributed by atoms with Gasteiger partial charge in [-0.1, -0.05) is 59.6 Å². The lowest BCUT2D eigenvalue weighted by Gasteiger charge is -2.32. The highest BCUT2D eigenvalue weighted by atomic mass is 35.5. The van der Waals surface area contributed by atoms with Crippen molar-refractivity contribution in [3.05, 3.63) is 76.0 Å². The lowest BCUT2D eigenvalue weighted by atomic mass is 9.93. The predicted molar refractivity (Wildman–Crippen MR) is 92.0 cm³/mol. The Hall–Kier alpha value is -2.04. The summed E-state index contributed by atoms with van der Waals surface area (Å²) in [6.45, 7) is 0. The summed E-state index contributed by atoms with van der Waals surface area (Å²) >= 11 is 12.5. The lowest BCUT2D eigenvalue weighted by molar-refractivity contribution is 0.431. The van der Waals surface area contributed by atoms with E-state index in [4.69, 9.17) is 23.2 Å². The highest BCUT2D eigenvalue weighted by Gasteiger charge is 2.30. The number of hydrogen-bond donors (Lipinski definition) is 1. The molecule has 3 aromatic rings. The summed E-state index contributed by atoms with van der Waals surface area (Å²) in [6, 6.07) is 16.1. The van der Waals surface area contributed by atoms with Crippen molar-refractivity contribution in [3.8, 4) is 0 Å². The fourth-order valence-electron chi connectivity index (χ4n) is 3.05. The van der Waals surface area contributed by atoms with Crippen LogP contribution in [0.2, 0.25) is 10.0 Å². The lowest BCUT2D eigenvalue weighted by Crippen LogP contribution is -2.28. The number of benzene rings is 2. The third-order valence-electron chi connectivity index (χ3n) is 4.15. The topological polar surface area (TPSA) is 42.7 Å². The molecule has 0 radical (unpaired) electrons. The second-order valence-electron chi connectivity index (χ2n) is 5.55. The number of anilines is 1. The first-order valence-corrected chi connectivity index (χ1v) is 8.14. The van der Waals surface area contributed by atoms with Crippen LogP contribution in [-0.4, -0.2) is 14.8 Å². The molecule has 0 bridgehead atoms. The SMILES string of the molecule is Clc1ccc([C@@H]2C[C@@H](c3ccccc3)Nc3ncnn32)c(Cl)c1. The monoisotopic (exact) mass is 344 g/mol. The van der Waals surface area contributed by atoms with Crippen LogP contribution in [0.1, 0.15) is 29.6 Å². The Kier molecular flexibility index (Phi) is 3.71. The van der Waals surface area contributed by atoms with Gasteiger partial charge in [-0.15, -0.1) is 0 Å². The molecule has 23 heavy (non-hydrogen) atoms. The maximum Gasteiger partial charge on any atom is 0.222 e. The van der Waals surface area contributed by atoms with Gasteiger partial charge < -0.3 is 5.32 Å². The average Bonchev–Trinajstić information content (AvgIpc) is 3.03. The summed E-state index contributed by atoms with van der Waals surface area (Å²) in [7, 11) is 0. The molecule has 0 fully saturated rings. The van der Waals surface area contributed by atoms with Crippen LogP contribution in [0.3, 0.4) is 0 Å². The number of rotatable bonds is 2. The van der Waals surface area contributed by atoms with E-state index in [1.165, 1.54) is 5.56 Å². The molecule has 1 aromatic heterocycles. The van der Waals surface area contributed by atoms with Gasteiger partial charge in [0.1, 0.15) is 6.33 Å². The van der Waals surface area contributed by atoms with E-state index in [0.29, 0.717) is 10.0 Å². The Morgan fingerprint density at radius 3 is 2.70 bits per heavy atom. The first-order chi connectivity index (χ1) is 11.2. The van der Waals surface area contributed by atoms with E-state index in [0.717, 1.165) is 17.9 Å². The van der Waals surface area contributed by atoms with E-state index in [1.807, 2.05) is 35.0 Å². The molecule has 0 unspecified atom stereocenters. The zero-order chi connectivity index (χ0) is 15.8. The Morgan fingerprint density at radius 2 is 1.91 bits per heavy atom. The Morgan fingerprint density at radius 1 is 1.09 bits per heavy atom. The van der Waals surface area contributed by atoms with Gasteiger partial charge in [-0.05, 0) is 29.7 Å². The standard InChI is InChI=1S/C17H14Cl2N4/c18-12-6-7-13(14(19)8-12)16-9-15(11-4-2-1-3-5-11)22-17-20-10-21-23(16)17/h1-8,10,15-16H,9H2,(H,20,21,22)/t15-,16-/m0/s1. The van der Waals surface area contributed by atoms with Crippen molar-refractivity contribution in [1.29, 1.82) is 0 Å². The molecule has 6 heteroatoms. The van der Waals surface area contributed by atoms with E-state index in [9.17, 15) is 0 Å². The van der Waals surface area contributed by atoms with Gasteiger partial charge >= 0.3 is 0 Å². The molecule has 0 aliphatic carbocycles. The molecule has 2 aromatic carbocycles. The van der Waals surface area contributed by atoms with Crippen molar-refractivity contribution in [2.45, 2.75) is 18.5 Å². The molecule has 2 atom stereocenters. The van der Waals surface area contributed by atoms with Gasteiger partial charge in [-0.2, -0.15) is 10.1 Å². The molecule has 4 rings (SSSR count). The molecule has 0 amide bonds. The first-order valence-electron chi connectivity index (χ1n) is 7.38. The molecular formula is C17H14Cl2N4. The number of halogens is 2. The summed E-state index contributed by atoms with van der Waals surface area (Å²) < 4.78 is 1.88. The number of nitrogens with one attached hydrogen (secondary N) is 1. The Labute approximate surface area is 144 Å². The van der Waals surface area contributed by atoms with Gasteiger partial charge in [-0.25, -0.2) is 4.68 Å². The largest absolute Gasteiger partial charge is 0.348 e. The highest BCUT2D eigenvalue weighted by molar-refractivity contribution is 6.35. The minimum Gasteiger partial charge on any atom is -0.348 e. The van der Waals surface area contributed by atoms with Gasteiger partial charge in [0.25, 0.3) is 0 Å². The fraction of sp³-hybridized carbons (Fsp3) is 0.176. The molecule has 1 aliphatic heterocycles. The van der Waals surface area contributed by atoms with E-state index in [-0.39, 0.29) is 12.1 Å². The zero-order valence-electron chi connectivity index (χ0n) is 12.2. The van der Waals surface area contributed by atoms with Crippen LogP contribution >= 0.6 is 23.2 Å². The van der Waals surface area contributed by atoms with E-state index >= 15 is 0 Å². The second kappa shape index (κ2) is 5.87. The molecule has 0 spiro atoms. The minimum absolute atomic E-state index is 0.0173. The van der Waals surface area contributed by atoms with E-state index in [2.05, 4.69) is 27.5 Å². The van der Waals surface area contributed by atoms with Crippen LogP contribution in [0.5, 0.6) is 0 Å². The molecule has 0 saturated carbocycles. The average molecular weight is 345 g/mol. The third-order valence-corrected chi connectivity index (χ3v) is 4.72. The molecule has 2 heterocycles. The van der Waals surface area contributed by atoms with Crippen LogP contribution in [0.15, 0.2) is 54.9 Å². The Balaban J connectivity index is 1.77. The van der Waals surface area contributed by atoms with Gasteiger partial charge in [0.2, 0.25) is 5.95 Å². The van der Waals surface area contributed by atoms with Gasteiger partial charge in [0.05, 0.1) is 12.1 Å². The molecule has 116 valence electrons. The van der Waals surface area contributed by atoms with Gasteiger partial charge in [-0.3, -0.25) is 0 Å². The van der Waals surface area contributed by atoms with Crippen LogP contribution < -0.4 is 5.32 Å². The maximum absolute atomic E-state index is 6.42. The highest BCUT2D eigenvalue weighted by Crippen LogP contribution is 2.39. The van der Waals surface area contributed by atoms with Crippen LogP contribution in [0.25, 0.3) is 0 Å². The quantitative estimate of drug-likeness (QED) is 0.730. The van der Waals surface area contributed by atoms with Crippen molar-refractivity contribution in [2.24, 2.45) is 0 Å². The molecular weight excluding hydrogens is 331 g/mol. The van der Waals surface area contributed by atoms with Crippen LogP contribution in [0.4, 0.5) is 5.95 Å². The van der Waals surface area contributed by atoms with E-state index in [1.54, 1.807) is 12.4 Å². The fourth-order valence-corrected chi connectivity index (χ4v) is 3.59. The summed E-state index contributed by atoms with van der Waals surface area (Å²) in [5, 5.41) is 9.08. The second-order valence-corrected chi connectivity index (χ2v) is 6.40. The summed E-state index contributed by atoms with van der Waals surface area (Å²) in [4.78, 5) is 4.33. The summed E-state index contributed by atoms with van der Waals surface area (Å²) in [5.74, 6) is 0.751. The number of nitrogens with zero attached hydrogens (tertiary/aromatic N) is 3. The number of hydrogen-bond acceptors (Lipinski definition) is 3. The zero-order valence-corrected chi connectivity index (χ0v) is 13.7. The normalized spacial score (nSPS) is 19.9. The Bertz CT molecular complexity index is 832. The molecule has 1 aliphatic rings. The van der Waals surface area contributed by atoms with Gasteiger partial charge in [0, 0.05) is 10.0 Å². The maximum atomic E-state index is 6.42. The van der Waals surface area contributed by atoms with Crippen molar-refractivity contribution in [1.82, 2.24) is 14.8 Å². The predicted octanol–water partition coefficient (Wildman–Crippen LogP) is 4.73. The van der Waals surface area contributed by atoms with E-state index < -0.39 is 0 Å². The van der Waals surface area contributed by atoms with Crippen LogP contribution in [0, 0.1) is 0 Å². The van der Waals surface area contributed by atoms with Crippen molar-refractivity contribution < 1.29 is 0 Å². The number of fused-ring (bicyclic) bond motifs is 1. The molecule has 1 N–H and O–H groups in total. The van der Waals surface area contributed by atoms with Crippen LogP contribution in [-0.2, 0) is 0 Å². The van der Waals surface area contributed by atoms with Gasteiger partial charge in [0.15, 0.2) is 0 Å². The molecule has 0 saturated heterocycles. The first kappa shape index (κ1) is 14.5. The molecule has 4 nitrogen and oxygen atoms in total. The van der Waals surface area contributed by atoms with Crippen molar-refractivity contribution in [3.63, 3.8) is 0 Å². The summed E-state index contributed by atoms with van der Waals surface area (Å²) in [6.07, 6.45) is 2.40. The minimum atomic E-state index is 0.0173. The van der Waals surface area contributed by atoms with Crippen molar-refractivity contribution >= 4 is 29.2 Å². The third kappa shape index (κ3) is 2.69. The number of aromatic nitrogens is 3. The summed E-state index contributed by atoms with van der Waals surface area (Å²) in [5.41, 5.74) is 2.22.